The maximum Gasteiger partial charge on any atom is 0.254 e. The second kappa shape index (κ2) is 10.7. The lowest BCUT2D eigenvalue weighted by Crippen LogP contribution is -2.33. The summed E-state index contributed by atoms with van der Waals surface area (Å²) in [6.45, 7) is 6.63. The number of amides is 2. The fourth-order valence-corrected chi connectivity index (χ4v) is 3.24. The Balaban J connectivity index is 2.25. The summed E-state index contributed by atoms with van der Waals surface area (Å²) in [5.74, 6) is -2.33. The predicted octanol–water partition coefficient (Wildman–Crippen LogP) is 4.98. The summed E-state index contributed by atoms with van der Waals surface area (Å²) in [5, 5.41) is 3.25. The third-order valence-corrected chi connectivity index (χ3v) is 4.78. The molecule has 0 fully saturated rings. The van der Waals surface area contributed by atoms with Crippen molar-refractivity contribution in [2.24, 2.45) is 11.1 Å². The van der Waals surface area contributed by atoms with Gasteiger partial charge in [0.15, 0.2) is 0 Å². The van der Waals surface area contributed by atoms with Crippen molar-refractivity contribution in [3.63, 3.8) is 0 Å². The fraction of sp³-hybridized carbons (Fsp3) is 0.391. The van der Waals surface area contributed by atoms with E-state index < -0.39 is 17.5 Å². The predicted molar refractivity (Wildman–Crippen MR) is 119 cm³/mol. The van der Waals surface area contributed by atoms with Gasteiger partial charge in [-0.3, -0.25) is 9.59 Å². The minimum absolute atomic E-state index is 0.0960. The number of halogens is 3. The van der Waals surface area contributed by atoms with Gasteiger partial charge in [-0.15, -0.1) is 0 Å². The van der Waals surface area contributed by atoms with Gasteiger partial charge in [-0.05, 0) is 54.3 Å². The van der Waals surface area contributed by atoms with Crippen molar-refractivity contribution in [2.45, 2.75) is 40.2 Å². The van der Waals surface area contributed by atoms with Crippen LogP contribution >= 0.6 is 11.6 Å². The third-order valence-electron chi connectivity index (χ3n) is 4.41. The van der Waals surface area contributed by atoms with E-state index in [1.165, 1.54) is 4.90 Å². The molecule has 5 nitrogen and oxygen atoms in total. The molecule has 0 bridgehead atoms. The Hall–Kier alpha value is -2.51. The number of nitrogens with zero attached hydrogens (tertiary/aromatic N) is 1. The maximum atomic E-state index is 13.6. The van der Waals surface area contributed by atoms with E-state index in [-0.39, 0.29) is 30.0 Å². The molecule has 2 aromatic rings. The first-order valence-corrected chi connectivity index (χ1v) is 10.4. The highest BCUT2D eigenvalue weighted by Crippen LogP contribution is 2.25. The molecule has 0 atom stereocenters. The number of nitrogens with two attached hydrogens (primary N) is 1. The highest BCUT2D eigenvalue weighted by molar-refractivity contribution is 6.31. The number of hydrogen-bond acceptors (Lipinski definition) is 3. The van der Waals surface area contributed by atoms with Crippen LogP contribution in [0, 0.1) is 17.0 Å². The summed E-state index contributed by atoms with van der Waals surface area (Å²) in [4.78, 5) is 26.6. The number of benzene rings is 2. The number of carbonyl (C=O) groups is 2. The van der Waals surface area contributed by atoms with Crippen LogP contribution in [0.15, 0.2) is 36.4 Å². The van der Waals surface area contributed by atoms with Crippen LogP contribution in [-0.4, -0.2) is 29.8 Å². The molecule has 31 heavy (non-hydrogen) atoms. The Morgan fingerprint density at radius 1 is 1.10 bits per heavy atom. The van der Waals surface area contributed by atoms with Crippen LogP contribution in [0.3, 0.4) is 0 Å². The first-order chi connectivity index (χ1) is 14.5. The Morgan fingerprint density at radius 3 is 2.32 bits per heavy atom. The van der Waals surface area contributed by atoms with E-state index in [0.717, 1.165) is 12.1 Å². The molecule has 3 N–H and O–H groups in total. The molecule has 0 aliphatic rings. The van der Waals surface area contributed by atoms with Crippen molar-refractivity contribution >= 4 is 29.1 Å². The average molecular weight is 452 g/mol. The van der Waals surface area contributed by atoms with Gasteiger partial charge in [0, 0.05) is 41.9 Å². The Bertz CT molecular complexity index is 925. The number of anilines is 1. The van der Waals surface area contributed by atoms with E-state index in [1.807, 2.05) is 20.8 Å². The number of hydrogen-bond donors (Lipinski definition) is 2. The first kappa shape index (κ1) is 24.8. The Kier molecular flexibility index (Phi) is 8.53. The van der Waals surface area contributed by atoms with Crippen molar-refractivity contribution in [3.05, 3.63) is 64.2 Å². The Morgan fingerprint density at radius 2 is 1.74 bits per heavy atom. The molecule has 2 rings (SSSR count). The molecule has 2 aromatic carbocycles. The van der Waals surface area contributed by atoms with Crippen LogP contribution in [0.1, 0.15) is 49.5 Å². The number of carbonyl (C=O) groups excluding carboxylic acids is 2. The van der Waals surface area contributed by atoms with E-state index in [2.05, 4.69) is 5.32 Å². The molecule has 0 aliphatic heterocycles. The molecule has 2 amide bonds. The van der Waals surface area contributed by atoms with Gasteiger partial charge in [-0.25, -0.2) is 8.78 Å². The molecule has 0 spiro atoms. The smallest absolute Gasteiger partial charge is 0.254 e. The van der Waals surface area contributed by atoms with Crippen molar-refractivity contribution in [3.8, 4) is 0 Å². The van der Waals surface area contributed by atoms with Gasteiger partial charge in [0.25, 0.3) is 5.91 Å². The van der Waals surface area contributed by atoms with E-state index in [9.17, 15) is 18.4 Å². The van der Waals surface area contributed by atoms with Crippen LogP contribution in [0.4, 0.5) is 14.5 Å². The number of rotatable bonds is 8. The topological polar surface area (TPSA) is 75.4 Å². The summed E-state index contributed by atoms with van der Waals surface area (Å²) in [6, 6.07) is 7.70. The van der Waals surface area contributed by atoms with Crippen molar-refractivity contribution < 1.29 is 18.4 Å². The minimum atomic E-state index is -0.830. The highest BCUT2D eigenvalue weighted by Gasteiger charge is 2.20. The lowest BCUT2D eigenvalue weighted by atomic mass is 9.92. The van der Waals surface area contributed by atoms with Gasteiger partial charge in [0.05, 0.1) is 0 Å². The molecule has 0 heterocycles. The van der Waals surface area contributed by atoms with Crippen LogP contribution < -0.4 is 11.1 Å². The summed E-state index contributed by atoms with van der Waals surface area (Å²) < 4.78 is 27.2. The van der Waals surface area contributed by atoms with Crippen LogP contribution in [0.5, 0.6) is 0 Å². The van der Waals surface area contributed by atoms with Gasteiger partial charge in [0.2, 0.25) is 5.91 Å². The average Bonchev–Trinajstić information content (AvgIpc) is 2.64. The molecule has 0 saturated carbocycles. The quantitative estimate of drug-likeness (QED) is 0.594. The standard InChI is InChI=1S/C23H28ClF2N3O2/c1-23(2,3)13-21(30)28-19-5-6-20(24)16(11-19)14-29(8-4-7-27)22(31)15-9-17(25)12-18(26)10-15/h5-6,9-12H,4,7-8,13-14,27H2,1-3H3,(H,28,30). The first-order valence-electron chi connectivity index (χ1n) is 10.0. The van der Waals surface area contributed by atoms with E-state index >= 15 is 0 Å². The summed E-state index contributed by atoms with van der Waals surface area (Å²) >= 11 is 6.32. The molecule has 8 heteroatoms. The van der Waals surface area contributed by atoms with Crippen LogP contribution in [0.2, 0.25) is 5.02 Å². The normalized spacial score (nSPS) is 11.3. The molecular weight excluding hydrogens is 424 g/mol. The number of nitrogens with one attached hydrogen (secondary N) is 1. The summed E-state index contributed by atoms with van der Waals surface area (Å²) in [6.07, 6.45) is 0.848. The Labute approximate surface area is 186 Å². The maximum absolute atomic E-state index is 13.6. The summed E-state index contributed by atoms with van der Waals surface area (Å²) in [5.41, 5.74) is 6.47. The fourth-order valence-electron chi connectivity index (χ4n) is 3.06. The molecule has 0 saturated heterocycles. The molecular formula is C23H28ClF2N3O2. The summed E-state index contributed by atoms with van der Waals surface area (Å²) in [7, 11) is 0. The van der Waals surface area contributed by atoms with Crippen LogP contribution in [-0.2, 0) is 11.3 Å². The largest absolute Gasteiger partial charge is 0.334 e. The van der Waals surface area contributed by atoms with Crippen molar-refractivity contribution in [1.29, 1.82) is 0 Å². The zero-order valence-electron chi connectivity index (χ0n) is 18.0. The van der Waals surface area contributed by atoms with Gasteiger partial charge >= 0.3 is 0 Å². The monoisotopic (exact) mass is 451 g/mol. The lowest BCUT2D eigenvalue weighted by molar-refractivity contribution is -0.117. The molecule has 168 valence electrons. The van der Waals surface area contributed by atoms with E-state index in [0.29, 0.717) is 41.7 Å². The SMILES string of the molecule is CC(C)(C)CC(=O)Nc1ccc(Cl)c(CN(CCCN)C(=O)c2cc(F)cc(F)c2)c1. The molecule has 0 aliphatic carbocycles. The molecule has 0 radical (unpaired) electrons. The zero-order valence-corrected chi connectivity index (χ0v) is 18.7. The second-order valence-electron chi connectivity index (χ2n) is 8.62. The van der Waals surface area contributed by atoms with Gasteiger partial charge in [-0.1, -0.05) is 32.4 Å². The van der Waals surface area contributed by atoms with Crippen molar-refractivity contribution in [1.82, 2.24) is 4.90 Å². The van der Waals surface area contributed by atoms with E-state index in [4.69, 9.17) is 17.3 Å². The van der Waals surface area contributed by atoms with Crippen LogP contribution in [0.25, 0.3) is 0 Å². The van der Waals surface area contributed by atoms with Gasteiger partial charge < -0.3 is 16.0 Å². The molecule has 0 unspecified atom stereocenters. The highest BCUT2D eigenvalue weighted by atomic mass is 35.5. The zero-order chi connectivity index (χ0) is 23.2. The minimum Gasteiger partial charge on any atom is -0.334 e. The second-order valence-corrected chi connectivity index (χ2v) is 9.03. The van der Waals surface area contributed by atoms with E-state index in [1.54, 1.807) is 18.2 Å². The lowest BCUT2D eigenvalue weighted by Gasteiger charge is -2.24. The molecule has 0 aromatic heterocycles. The van der Waals surface area contributed by atoms with Gasteiger partial charge in [0.1, 0.15) is 11.6 Å². The third kappa shape index (κ3) is 7.92. The van der Waals surface area contributed by atoms with Gasteiger partial charge in [-0.2, -0.15) is 0 Å². The van der Waals surface area contributed by atoms with Crippen molar-refractivity contribution in [2.75, 3.05) is 18.4 Å².